The highest BCUT2D eigenvalue weighted by molar-refractivity contribution is 5.99. The Labute approximate surface area is 113 Å². The van der Waals surface area contributed by atoms with E-state index in [-0.39, 0.29) is 11.4 Å². The molecule has 0 aliphatic rings. The number of amides is 1. The molecule has 1 aromatic rings. The van der Waals surface area contributed by atoms with Crippen molar-refractivity contribution in [3.05, 3.63) is 35.4 Å². The summed E-state index contributed by atoms with van der Waals surface area (Å²) >= 11 is 0. The molecular formula is C12H14F3N3O2. The van der Waals surface area contributed by atoms with Crippen molar-refractivity contribution in [2.24, 2.45) is 10.9 Å². The third kappa shape index (κ3) is 3.62. The van der Waals surface area contributed by atoms with E-state index in [4.69, 9.17) is 10.9 Å². The van der Waals surface area contributed by atoms with Crippen molar-refractivity contribution in [1.29, 1.82) is 0 Å². The number of oxime groups is 1. The molecule has 1 aromatic carbocycles. The average molecular weight is 289 g/mol. The highest BCUT2D eigenvalue weighted by Crippen LogP contribution is 2.29. The standard InChI is InChI=1S/C12H14F3N3O2/c1-11(2,10(16)18-20)17-9(19)7-3-5-8(6-4-7)12(13,14)15/h3-6,20H,1-2H3,(H2,16,18)(H,17,19). The van der Waals surface area contributed by atoms with E-state index in [2.05, 4.69) is 10.5 Å². The highest BCUT2D eigenvalue weighted by atomic mass is 19.4. The average Bonchev–Trinajstić information content (AvgIpc) is 2.36. The van der Waals surface area contributed by atoms with Crippen molar-refractivity contribution in [3.8, 4) is 0 Å². The molecule has 0 heterocycles. The van der Waals surface area contributed by atoms with Gasteiger partial charge in [-0.15, -0.1) is 0 Å². The van der Waals surface area contributed by atoms with Gasteiger partial charge in [-0.25, -0.2) is 0 Å². The molecule has 5 nitrogen and oxygen atoms in total. The van der Waals surface area contributed by atoms with E-state index in [1.165, 1.54) is 13.8 Å². The van der Waals surface area contributed by atoms with Gasteiger partial charge in [0.15, 0.2) is 5.84 Å². The monoisotopic (exact) mass is 289 g/mol. The highest BCUT2D eigenvalue weighted by Gasteiger charge is 2.31. The van der Waals surface area contributed by atoms with Gasteiger partial charge in [-0.2, -0.15) is 13.2 Å². The summed E-state index contributed by atoms with van der Waals surface area (Å²) in [5.41, 5.74) is 3.46. The number of alkyl halides is 3. The SMILES string of the molecule is CC(C)(NC(=O)c1ccc(C(F)(F)F)cc1)/C(N)=N/O. The summed E-state index contributed by atoms with van der Waals surface area (Å²) in [4.78, 5) is 11.9. The number of carbonyl (C=O) groups is 1. The van der Waals surface area contributed by atoms with Crippen LogP contribution in [0.5, 0.6) is 0 Å². The van der Waals surface area contributed by atoms with Gasteiger partial charge in [0.1, 0.15) is 0 Å². The Kier molecular flexibility index (Phi) is 4.26. The van der Waals surface area contributed by atoms with Crippen LogP contribution in [-0.2, 0) is 6.18 Å². The van der Waals surface area contributed by atoms with Gasteiger partial charge < -0.3 is 16.3 Å². The Morgan fingerprint density at radius 3 is 2.15 bits per heavy atom. The topological polar surface area (TPSA) is 87.7 Å². The van der Waals surface area contributed by atoms with Gasteiger partial charge in [0.2, 0.25) is 0 Å². The zero-order valence-electron chi connectivity index (χ0n) is 10.8. The summed E-state index contributed by atoms with van der Waals surface area (Å²) in [5.74, 6) is -0.854. The van der Waals surface area contributed by atoms with Crippen LogP contribution in [0.1, 0.15) is 29.8 Å². The summed E-state index contributed by atoms with van der Waals surface area (Å²) in [6.07, 6.45) is -4.46. The first-order valence-corrected chi connectivity index (χ1v) is 5.55. The van der Waals surface area contributed by atoms with Crippen LogP contribution in [0.3, 0.4) is 0 Å². The first-order chi connectivity index (χ1) is 9.08. The molecule has 0 aliphatic carbocycles. The minimum Gasteiger partial charge on any atom is -0.409 e. The maximum atomic E-state index is 12.4. The molecule has 20 heavy (non-hydrogen) atoms. The summed E-state index contributed by atoms with van der Waals surface area (Å²) in [5, 5.41) is 13.8. The van der Waals surface area contributed by atoms with Gasteiger partial charge in [0.05, 0.1) is 11.1 Å². The van der Waals surface area contributed by atoms with Crippen molar-refractivity contribution in [2.75, 3.05) is 0 Å². The summed E-state index contributed by atoms with van der Waals surface area (Å²) < 4.78 is 37.1. The Bertz CT molecular complexity index is 522. The summed E-state index contributed by atoms with van der Waals surface area (Å²) in [6.45, 7) is 2.98. The van der Waals surface area contributed by atoms with Crippen molar-refractivity contribution < 1.29 is 23.2 Å². The zero-order valence-corrected chi connectivity index (χ0v) is 10.8. The van der Waals surface area contributed by atoms with Crippen molar-refractivity contribution >= 4 is 11.7 Å². The maximum absolute atomic E-state index is 12.4. The van der Waals surface area contributed by atoms with Gasteiger partial charge in [0, 0.05) is 5.56 Å². The fraction of sp³-hybridized carbons (Fsp3) is 0.333. The van der Waals surface area contributed by atoms with Crippen LogP contribution >= 0.6 is 0 Å². The van der Waals surface area contributed by atoms with Gasteiger partial charge in [-0.3, -0.25) is 4.79 Å². The van der Waals surface area contributed by atoms with Crippen LogP contribution in [0.25, 0.3) is 0 Å². The molecule has 0 spiro atoms. The largest absolute Gasteiger partial charge is 0.416 e. The Balaban J connectivity index is 2.89. The van der Waals surface area contributed by atoms with Gasteiger partial charge in [0.25, 0.3) is 5.91 Å². The number of carbonyl (C=O) groups excluding carboxylic acids is 1. The number of halogens is 3. The third-order valence-electron chi connectivity index (χ3n) is 2.65. The summed E-state index contributed by atoms with van der Waals surface area (Å²) in [6, 6.07) is 3.73. The first-order valence-electron chi connectivity index (χ1n) is 5.55. The predicted molar refractivity (Wildman–Crippen MR) is 66.4 cm³/mol. The molecule has 0 aliphatic heterocycles. The number of benzene rings is 1. The van der Waals surface area contributed by atoms with Crippen LogP contribution in [0.4, 0.5) is 13.2 Å². The van der Waals surface area contributed by atoms with E-state index in [1.807, 2.05) is 0 Å². The number of hydrogen-bond acceptors (Lipinski definition) is 3. The molecule has 0 fully saturated rings. The lowest BCUT2D eigenvalue weighted by atomic mass is 10.0. The van der Waals surface area contributed by atoms with Crippen LogP contribution in [-0.4, -0.2) is 22.5 Å². The number of nitrogens with zero attached hydrogens (tertiary/aromatic N) is 1. The molecule has 1 amide bonds. The van der Waals surface area contributed by atoms with Crippen LogP contribution in [0, 0.1) is 0 Å². The van der Waals surface area contributed by atoms with Gasteiger partial charge >= 0.3 is 6.18 Å². The third-order valence-corrected chi connectivity index (χ3v) is 2.65. The lowest BCUT2D eigenvalue weighted by Gasteiger charge is -2.24. The second-order valence-corrected chi connectivity index (χ2v) is 4.64. The smallest absolute Gasteiger partial charge is 0.409 e. The van der Waals surface area contributed by atoms with E-state index in [0.717, 1.165) is 24.3 Å². The van der Waals surface area contributed by atoms with Crippen LogP contribution in [0.15, 0.2) is 29.4 Å². The first kappa shape index (κ1) is 15.8. The van der Waals surface area contributed by atoms with Gasteiger partial charge in [-0.1, -0.05) is 5.16 Å². The maximum Gasteiger partial charge on any atom is 0.416 e. The number of amidine groups is 1. The van der Waals surface area contributed by atoms with Crippen LogP contribution in [0.2, 0.25) is 0 Å². The second kappa shape index (κ2) is 5.40. The molecular weight excluding hydrogens is 275 g/mol. The molecule has 0 saturated heterocycles. The fourth-order valence-electron chi connectivity index (χ4n) is 1.36. The lowest BCUT2D eigenvalue weighted by molar-refractivity contribution is -0.137. The van der Waals surface area contributed by atoms with Crippen molar-refractivity contribution in [3.63, 3.8) is 0 Å². The number of hydrogen-bond donors (Lipinski definition) is 3. The Morgan fingerprint density at radius 1 is 1.25 bits per heavy atom. The zero-order chi connectivity index (χ0) is 15.6. The summed E-state index contributed by atoms with van der Waals surface area (Å²) in [7, 11) is 0. The predicted octanol–water partition coefficient (Wildman–Crippen LogP) is 1.96. The Morgan fingerprint density at radius 2 is 1.75 bits per heavy atom. The molecule has 8 heteroatoms. The minimum atomic E-state index is -4.46. The van der Waals surface area contributed by atoms with Crippen molar-refractivity contribution in [2.45, 2.75) is 25.6 Å². The van der Waals surface area contributed by atoms with Crippen LogP contribution < -0.4 is 11.1 Å². The van der Waals surface area contributed by atoms with E-state index in [9.17, 15) is 18.0 Å². The second-order valence-electron chi connectivity index (χ2n) is 4.64. The molecule has 0 unspecified atom stereocenters. The van der Waals surface area contributed by atoms with E-state index >= 15 is 0 Å². The minimum absolute atomic E-state index is 0.0387. The van der Waals surface area contributed by atoms with Gasteiger partial charge in [-0.05, 0) is 38.1 Å². The molecule has 0 aromatic heterocycles. The molecule has 0 radical (unpaired) electrons. The quantitative estimate of drug-likeness (QED) is 0.344. The molecule has 0 atom stereocenters. The molecule has 1 rings (SSSR count). The molecule has 110 valence electrons. The lowest BCUT2D eigenvalue weighted by Crippen LogP contribution is -2.53. The van der Waals surface area contributed by atoms with E-state index in [1.54, 1.807) is 0 Å². The number of nitrogens with one attached hydrogen (secondary N) is 1. The fourth-order valence-corrected chi connectivity index (χ4v) is 1.36. The number of nitrogens with two attached hydrogens (primary N) is 1. The van der Waals surface area contributed by atoms with E-state index < -0.39 is 23.2 Å². The number of rotatable bonds is 3. The molecule has 4 N–H and O–H groups in total. The van der Waals surface area contributed by atoms with Crippen molar-refractivity contribution in [1.82, 2.24) is 5.32 Å². The van der Waals surface area contributed by atoms with E-state index in [0.29, 0.717) is 0 Å². The Hall–Kier alpha value is -2.25. The molecule has 0 saturated carbocycles. The normalized spacial score (nSPS) is 13.2. The molecule has 0 bridgehead atoms.